The average Bonchev–Trinajstić information content (AvgIpc) is 3.13. The van der Waals surface area contributed by atoms with Crippen LogP contribution < -0.4 is 0 Å². The van der Waals surface area contributed by atoms with Gasteiger partial charge < -0.3 is 59.8 Å². The maximum Gasteiger partial charge on any atom is 0.310 e. The van der Waals surface area contributed by atoms with Crippen LogP contribution in [0.15, 0.2) is 11.6 Å². The number of hydrogen-bond donors (Lipinski definition) is 8. The Hall–Kier alpha value is -1.23. The van der Waals surface area contributed by atoms with Gasteiger partial charge in [-0.05, 0) is 111 Å². The number of aliphatic hydroxyl groups is 7. The molecule has 0 amide bonds. The number of ether oxygens (including phenoxy) is 4. The number of fused-ring (bicyclic) bond motifs is 7. The van der Waals surface area contributed by atoms with Gasteiger partial charge in [0, 0.05) is 5.41 Å². The molecule has 0 aromatic carbocycles. The van der Waals surface area contributed by atoms with Crippen LogP contribution in [0.5, 0.6) is 0 Å². The molecule has 7 rings (SSSR count). The highest BCUT2D eigenvalue weighted by molar-refractivity contribution is 5.76. The van der Waals surface area contributed by atoms with Gasteiger partial charge in [0.15, 0.2) is 12.6 Å². The van der Waals surface area contributed by atoms with Crippen molar-refractivity contribution in [3.63, 3.8) is 0 Å². The second kappa shape index (κ2) is 14.2. The van der Waals surface area contributed by atoms with Crippen molar-refractivity contribution in [2.75, 3.05) is 13.2 Å². The minimum absolute atomic E-state index is 0.0154. The molecular formula is C42H68O13. The lowest BCUT2D eigenvalue weighted by Crippen LogP contribution is -2.67. The molecule has 314 valence electrons. The largest absolute Gasteiger partial charge is 0.481 e. The summed E-state index contributed by atoms with van der Waals surface area (Å²) in [6.45, 7) is 14.5. The first-order valence-electron chi connectivity index (χ1n) is 20.8. The Balaban J connectivity index is 1.17. The molecule has 2 saturated heterocycles. The van der Waals surface area contributed by atoms with Crippen molar-refractivity contribution in [3.05, 3.63) is 11.6 Å². The SMILES string of the molecule is CC1OC(OC2C(OC3CCC4(C)C(CCC5(C)C4CC=C4C6CC(C)(C)CCC6(C(=O)O)CCC45C)C3(C)CO)OC(CO)C(O)C2O)C(O)C(O)C1O. The molecule has 0 spiro atoms. The number of aliphatic hydroxyl groups excluding tert-OH is 7. The third kappa shape index (κ3) is 6.15. The fourth-order valence-corrected chi connectivity index (χ4v) is 13.6. The molecule has 13 nitrogen and oxygen atoms in total. The van der Waals surface area contributed by atoms with E-state index in [1.54, 1.807) is 0 Å². The molecule has 2 heterocycles. The van der Waals surface area contributed by atoms with Crippen LogP contribution in [0.2, 0.25) is 0 Å². The van der Waals surface area contributed by atoms with E-state index in [4.69, 9.17) is 18.9 Å². The summed E-state index contributed by atoms with van der Waals surface area (Å²) in [7, 11) is 0. The van der Waals surface area contributed by atoms with E-state index in [2.05, 4.69) is 40.7 Å². The third-order valence-corrected chi connectivity index (χ3v) is 17.4. The third-order valence-electron chi connectivity index (χ3n) is 17.4. The van der Waals surface area contributed by atoms with Crippen molar-refractivity contribution in [3.8, 4) is 0 Å². The summed E-state index contributed by atoms with van der Waals surface area (Å²) in [6, 6.07) is 0. The Morgan fingerprint density at radius 3 is 2.13 bits per heavy atom. The molecule has 55 heavy (non-hydrogen) atoms. The topological polar surface area (TPSA) is 216 Å². The van der Waals surface area contributed by atoms with Gasteiger partial charge in [-0.15, -0.1) is 0 Å². The molecule has 8 N–H and O–H groups in total. The van der Waals surface area contributed by atoms with Gasteiger partial charge >= 0.3 is 5.97 Å². The number of hydrogen-bond acceptors (Lipinski definition) is 12. The second-order valence-electron chi connectivity index (χ2n) is 20.5. The molecule has 0 aromatic heterocycles. The molecule has 19 atom stereocenters. The van der Waals surface area contributed by atoms with Crippen LogP contribution in [0.4, 0.5) is 0 Å². The number of carboxylic acid groups (broad SMARTS) is 1. The Labute approximate surface area is 325 Å². The van der Waals surface area contributed by atoms with Crippen molar-refractivity contribution in [1.29, 1.82) is 0 Å². The number of rotatable bonds is 7. The van der Waals surface area contributed by atoms with E-state index in [1.165, 1.54) is 12.5 Å². The van der Waals surface area contributed by atoms with Gasteiger partial charge in [-0.1, -0.05) is 53.2 Å². The standard InChI is InChI=1S/C42H68O13/c1-21-28(45)30(47)32(49)34(52-21)55-33-31(48)29(46)24(19-43)53-35(33)54-27-11-12-38(4)25(39(27,5)20-44)10-13-41(7)26(38)9-8-22-23-18-37(2,3)14-16-42(23,36(50)51)17-15-40(22,41)6/h8,21,23-35,43-49H,9-20H2,1-7H3,(H,50,51). The van der Waals surface area contributed by atoms with Crippen LogP contribution in [0.25, 0.3) is 0 Å². The molecule has 0 radical (unpaired) electrons. The number of allylic oxidation sites excluding steroid dienone is 2. The number of aliphatic carboxylic acids is 1. The highest BCUT2D eigenvalue weighted by Gasteiger charge is 2.70. The van der Waals surface area contributed by atoms with E-state index >= 15 is 0 Å². The Morgan fingerprint density at radius 1 is 0.782 bits per heavy atom. The van der Waals surface area contributed by atoms with Gasteiger partial charge in [0.05, 0.1) is 30.8 Å². The summed E-state index contributed by atoms with van der Waals surface area (Å²) >= 11 is 0. The molecule has 0 aromatic rings. The zero-order valence-corrected chi connectivity index (χ0v) is 33.8. The minimum atomic E-state index is -1.68. The van der Waals surface area contributed by atoms with Crippen LogP contribution >= 0.6 is 0 Å². The van der Waals surface area contributed by atoms with Gasteiger partial charge in [0.2, 0.25) is 0 Å². The van der Waals surface area contributed by atoms with Gasteiger partial charge in [0.25, 0.3) is 0 Å². The van der Waals surface area contributed by atoms with Crippen LogP contribution in [0, 0.1) is 50.2 Å². The summed E-state index contributed by atoms with van der Waals surface area (Å²) in [5.74, 6) is -0.323. The van der Waals surface area contributed by atoms with Crippen LogP contribution in [-0.4, -0.2) is 128 Å². The monoisotopic (exact) mass is 780 g/mol. The lowest BCUT2D eigenvalue weighted by Gasteiger charge is -2.71. The van der Waals surface area contributed by atoms with Crippen molar-refractivity contribution < 1.29 is 64.6 Å². The molecule has 0 bridgehead atoms. The molecule has 5 aliphatic carbocycles. The van der Waals surface area contributed by atoms with Gasteiger partial charge in [-0.3, -0.25) is 4.79 Å². The van der Waals surface area contributed by atoms with Crippen molar-refractivity contribution in [2.24, 2.45) is 50.2 Å². The van der Waals surface area contributed by atoms with E-state index in [-0.39, 0.29) is 46.0 Å². The van der Waals surface area contributed by atoms with Gasteiger partial charge in [-0.25, -0.2) is 0 Å². The first kappa shape index (κ1) is 41.9. The Bertz CT molecular complexity index is 1490. The lowest BCUT2D eigenvalue weighted by molar-refractivity contribution is -0.377. The van der Waals surface area contributed by atoms with Gasteiger partial charge in [0.1, 0.15) is 42.7 Å². The molecule has 4 saturated carbocycles. The van der Waals surface area contributed by atoms with E-state index < -0.39 is 90.9 Å². The molecule has 6 fully saturated rings. The second-order valence-corrected chi connectivity index (χ2v) is 20.5. The fourth-order valence-electron chi connectivity index (χ4n) is 13.6. The van der Waals surface area contributed by atoms with Crippen molar-refractivity contribution >= 4 is 5.97 Å². The predicted octanol–water partition coefficient (Wildman–Crippen LogP) is 2.88. The normalized spacial score (nSPS) is 54.9. The van der Waals surface area contributed by atoms with E-state index in [9.17, 15) is 45.6 Å². The van der Waals surface area contributed by atoms with E-state index in [0.717, 1.165) is 44.9 Å². The summed E-state index contributed by atoms with van der Waals surface area (Å²) in [6.07, 6.45) is -4.42. The predicted molar refractivity (Wildman–Crippen MR) is 198 cm³/mol. The fraction of sp³-hybridized carbons (Fsp3) is 0.929. The highest BCUT2D eigenvalue weighted by atomic mass is 16.8. The Kier molecular flexibility index (Phi) is 10.8. The van der Waals surface area contributed by atoms with Crippen LogP contribution in [0.1, 0.15) is 113 Å². The summed E-state index contributed by atoms with van der Waals surface area (Å²) in [5, 5.41) is 85.7. The molecule has 2 aliphatic heterocycles. The van der Waals surface area contributed by atoms with Crippen LogP contribution in [0.3, 0.4) is 0 Å². The first-order chi connectivity index (χ1) is 25.6. The number of carbonyl (C=O) groups is 1. The maximum absolute atomic E-state index is 13.1. The van der Waals surface area contributed by atoms with E-state index in [0.29, 0.717) is 19.3 Å². The van der Waals surface area contributed by atoms with Crippen LogP contribution in [-0.2, 0) is 23.7 Å². The summed E-state index contributed by atoms with van der Waals surface area (Å²) in [5.41, 5.74) is -0.478. The van der Waals surface area contributed by atoms with Crippen molar-refractivity contribution in [1.82, 2.24) is 0 Å². The summed E-state index contributed by atoms with van der Waals surface area (Å²) < 4.78 is 24.5. The quantitative estimate of drug-likeness (QED) is 0.138. The molecule has 7 aliphatic rings. The lowest BCUT2D eigenvalue weighted by atomic mass is 9.33. The first-order valence-corrected chi connectivity index (χ1v) is 20.8. The van der Waals surface area contributed by atoms with E-state index in [1.807, 2.05) is 6.92 Å². The van der Waals surface area contributed by atoms with Gasteiger partial charge in [-0.2, -0.15) is 0 Å². The smallest absolute Gasteiger partial charge is 0.310 e. The average molecular weight is 781 g/mol. The summed E-state index contributed by atoms with van der Waals surface area (Å²) in [4.78, 5) is 13.1. The maximum atomic E-state index is 13.1. The minimum Gasteiger partial charge on any atom is -0.481 e. The zero-order valence-electron chi connectivity index (χ0n) is 33.8. The Morgan fingerprint density at radius 2 is 1.47 bits per heavy atom. The molecular weight excluding hydrogens is 712 g/mol. The molecule has 13 heteroatoms. The number of carboxylic acids is 1. The zero-order chi connectivity index (χ0) is 40.3. The highest BCUT2D eigenvalue weighted by Crippen LogP contribution is 2.76. The molecule has 19 unspecified atom stereocenters. The van der Waals surface area contributed by atoms with Crippen molar-refractivity contribution in [2.45, 2.75) is 180 Å².